The molecule has 26 heavy (non-hydrogen) atoms. The van der Waals surface area contributed by atoms with Crippen molar-refractivity contribution in [1.82, 2.24) is 14.9 Å². The number of rotatable bonds is 7. The van der Waals surface area contributed by atoms with E-state index < -0.39 is 5.97 Å². The average Bonchev–Trinajstić information content (AvgIpc) is 3.21. The largest absolute Gasteiger partial charge is 0.481 e. The van der Waals surface area contributed by atoms with E-state index in [1.807, 2.05) is 42.1 Å². The Morgan fingerprint density at radius 1 is 1.35 bits per heavy atom. The van der Waals surface area contributed by atoms with Crippen molar-refractivity contribution >= 4 is 30.8 Å². The van der Waals surface area contributed by atoms with Crippen LogP contribution in [0.4, 0.5) is 0 Å². The highest BCUT2D eigenvalue weighted by atomic mass is 35.5. The third-order valence-electron chi connectivity index (χ3n) is 4.25. The first-order valence-electron chi connectivity index (χ1n) is 8.27. The third kappa shape index (κ3) is 5.99. The standard InChI is InChI=1S/C18H23N3O3.2ClH/c1-21-11-15(12-24-16-8-9-19-10-16)20-18(21)14-5-2-13(3-6-14)4-7-17(22)23;;/h2-3,5-6,11,16,19H,4,7-10,12H2,1H3,(H,22,23);2*1H. The molecule has 1 aliphatic heterocycles. The monoisotopic (exact) mass is 401 g/mol. The zero-order valence-electron chi connectivity index (χ0n) is 14.7. The highest BCUT2D eigenvalue weighted by Gasteiger charge is 2.16. The van der Waals surface area contributed by atoms with Gasteiger partial charge in [-0.15, -0.1) is 24.8 Å². The number of aromatic nitrogens is 2. The van der Waals surface area contributed by atoms with E-state index in [9.17, 15) is 4.79 Å². The molecule has 1 aromatic carbocycles. The van der Waals surface area contributed by atoms with Gasteiger partial charge < -0.3 is 19.7 Å². The van der Waals surface area contributed by atoms with Crippen LogP contribution < -0.4 is 5.32 Å². The molecule has 2 aromatic rings. The average molecular weight is 402 g/mol. The van der Waals surface area contributed by atoms with Crippen molar-refractivity contribution in [3.8, 4) is 11.4 Å². The number of carboxylic acid groups (broad SMARTS) is 1. The Morgan fingerprint density at radius 3 is 2.69 bits per heavy atom. The lowest BCUT2D eigenvalue weighted by atomic mass is 10.1. The number of benzene rings is 1. The molecule has 0 radical (unpaired) electrons. The van der Waals surface area contributed by atoms with Crippen molar-refractivity contribution in [2.45, 2.75) is 32.0 Å². The van der Waals surface area contributed by atoms with E-state index in [4.69, 9.17) is 9.84 Å². The van der Waals surface area contributed by atoms with Crippen LogP contribution >= 0.6 is 24.8 Å². The molecule has 1 aliphatic rings. The SMILES string of the molecule is Cl.Cl.Cn1cc(COC2CCNC2)nc1-c1ccc(CCC(=O)O)cc1. The van der Waals surface area contributed by atoms with Gasteiger partial charge in [0.05, 0.1) is 18.4 Å². The van der Waals surface area contributed by atoms with Crippen molar-refractivity contribution in [2.75, 3.05) is 13.1 Å². The number of aliphatic carboxylic acids is 1. The Labute approximate surface area is 165 Å². The molecule has 1 aromatic heterocycles. The molecule has 3 rings (SSSR count). The molecule has 1 unspecified atom stereocenters. The maximum Gasteiger partial charge on any atom is 0.303 e. The zero-order valence-corrected chi connectivity index (χ0v) is 16.3. The number of carboxylic acids is 1. The second kappa shape index (κ2) is 10.5. The second-order valence-corrected chi connectivity index (χ2v) is 6.18. The molecule has 8 heteroatoms. The van der Waals surface area contributed by atoms with E-state index in [2.05, 4.69) is 10.3 Å². The fourth-order valence-corrected chi connectivity index (χ4v) is 2.91. The molecule has 2 heterocycles. The number of halogens is 2. The van der Waals surface area contributed by atoms with Crippen molar-refractivity contribution in [1.29, 1.82) is 0 Å². The lowest BCUT2D eigenvalue weighted by molar-refractivity contribution is -0.136. The summed E-state index contributed by atoms with van der Waals surface area (Å²) in [5.41, 5.74) is 2.97. The summed E-state index contributed by atoms with van der Waals surface area (Å²) in [7, 11) is 1.97. The minimum Gasteiger partial charge on any atom is -0.481 e. The lowest BCUT2D eigenvalue weighted by Crippen LogP contribution is -2.16. The maximum atomic E-state index is 10.6. The summed E-state index contributed by atoms with van der Waals surface area (Å²) in [6.07, 6.45) is 4.03. The lowest BCUT2D eigenvalue weighted by Gasteiger charge is -2.08. The number of nitrogens with one attached hydrogen (secondary N) is 1. The van der Waals surface area contributed by atoms with Gasteiger partial charge in [-0.1, -0.05) is 24.3 Å². The molecular weight excluding hydrogens is 377 g/mol. The highest BCUT2D eigenvalue weighted by molar-refractivity contribution is 5.85. The van der Waals surface area contributed by atoms with Gasteiger partial charge in [-0.2, -0.15) is 0 Å². The number of nitrogens with zero attached hydrogens (tertiary/aromatic N) is 2. The van der Waals surface area contributed by atoms with Gasteiger partial charge in [0.15, 0.2) is 0 Å². The van der Waals surface area contributed by atoms with Gasteiger partial charge in [0.1, 0.15) is 5.82 Å². The summed E-state index contributed by atoms with van der Waals surface area (Å²) in [4.78, 5) is 15.3. The van der Waals surface area contributed by atoms with E-state index in [-0.39, 0.29) is 37.3 Å². The summed E-state index contributed by atoms with van der Waals surface area (Å²) < 4.78 is 7.87. The highest BCUT2D eigenvalue weighted by Crippen LogP contribution is 2.20. The first-order valence-corrected chi connectivity index (χ1v) is 8.27. The van der Waals surface area contributed by atoms with Gasteiger partial charge in [0.25, 0.3) is 0 Å². The predicted molar refractivity (Wildman–Crippen MR) is 105 cm³/mol. The third-order valence-corrected chi connectivity index (χ3v) is 4.25. The van der Waals surface area contributed by atoms with E-state index in [1.54, 1.807) is 0 Å². The first kappa shape index (κ1) is 22.4. The molecule has 0 spiro atoms. The van der Waals surface area contributed by atoms with Gasteiger partial charge in [0, 0.05) is 31.8 Å². The molecule has 144 valence electrons. The van der Waals surface area contributed by atoms with Gasteiger partial charge >= 0.3 is 5.97 Å². The van der Waals surface area contributed by atoms with Gasteiger partial charge in [0.2, 0.25) is 0 Å². The minimum absolute atomic E-state index is 0. The number of carbonyl (C=O) groups is 1. The molecule has 0 bridgehead atoms. The molecule has 0 amide bonds. The van der Waals surface area contributed by atoms with Crippen molar-refractivity contribution in [3.05, 3.63) is 41.7 Å². The van der Waals surface area contributed by atoms with Gasteiger partial charge in [-0.3, -0.25) is 4.79 Å². The van der Waals surface area contributed by atoms with E-state index in [0.29, 0.717) is 13.0 Å². The number of hydrogen-bond donors (Lipinski definition) is 2. The Hall–Kier alpha value is -1.60. The quantitative estimate of drug-likeness (QED) is 0.745. The van der Waals surface area contributed by atoms with Crippen LogP contribution in [-0.4, -0.2) is 39.8 Å². The molecular formula is C18H25Cl2N3O3. The second-order valence-electron chi connectivity index (χ2n) is 6.18. The summed E-state index contributed by atoms with van der Waals surface area (Å²) in [5.74, 6) is 0.119. The van der Waals surface area contributed by atoms with Crippen LogP contribution in [0.3, 0.4) is 0 Å². The molecule has 1 fully saturated rings. The van der Waals surface area contributed by atoms with Crippen molar-refractivity contribution in [2.24, 2.45) is 7.05 Å². The number of hydrogen-bond acceptors (Lipinski definition) is 4. The normalized spacial score (nSPS) is 16.0. The van der Waals surface area contributed by atoms with Crippen LogP contribution in [0.25, 0.3) is 11.4 Å². The van der Waals surface area contributed by atoms with Crippen molar-refractivity contribution < 1.29 is 14.6 Å². The van der Waals surface area contributed by atoms with Crippen LogP contribution in [0.5, 0.6) is 0 Å². The van der Waals surface area contributed by atoms with E-state index in [1.165, 1.54) is 0 Å². The molecule has 2 N–H and O–H groups in total. The smallest absolute Gasteiger partial charge is 0.303 e. The number of ether oxygens (including phenoxy) is 1. The first-order chi connectivity index (χ1) is 11.6. The fraction of sp³-hybridized carbons (Fsp3) is 0.444. The summed E-state index contributed by atoms with van der Waals surface area (Å²) in [6.45, 7) is 2.46. The molecule has 6 nitrogen and oxygen atoms in total. The van der Waals surface area contributed by atoms with Crippen LogP contribution in [0.2, 0.25) is 0 Å². The predicted octanol–water partition coefficient (Wildman–Crippen LogP) is 2.83. The number of imidazole rings is 1. The van der Waals surface area contributed by atoms with Crippen LogP contribution in [0, 0.1) is 0 Å². The molecule has 1 saturated heterocycles. The zero-order chi connectivity index (χ0) is 16.9. The van der Waals surface area contributed by atoms with Crippen LogP contribution in [-0.2, 0) is 29.6 Å². The summed E-state index contributed by atoms with van der Waals surface area (Å²) >= 11 is 0. The Morgan fingerprint density at radius 2 is 2.08 bits per heavy atom. The van der Waals surface area contributed by atoms with Crippen LogP contribution in [0.1, 0.15) is 24.1 Å². The van der Waals surface area contributed by atoms with Gasteiger partial charge in [-0.05, 0) is 24.9 Å². The number of aryl methyl sites for hydroxylation is 2. The topological polar surface area (TPSA) is 76.4 Å². The Kier molecular flexibility index (Phi) is 9.08. The Balaban J connectivity index is 0.00000169. The Bertz CT molecular complexity index is 698. The van der Waals surface area contributed by atoms with Crippen LogP contribution in [0.15, 0.2) is 30.5 Å². The maximum absolute atomic E-state index is 10.6. The molecule has 0 saturated carbocycles. The fourth-order valence-electron chi connectivity index (χ4n) is 2.91. The van der Waals surface area contributed by atoms with Crippen molar-refractivity contribution in [3.63, 3.8) is 0 Å². The van der Waals surface area contributed by atoms with Gasteiger partial charge in [-0.25, -0.2) is 4.98 Å². The molecule has 1 atom stereocenters. The minimum atomic E-state index is -0.773. The summed E-state index contributed by atoms with van der Waals surface area (Å²) in [6, 6.07) is 7.91. The van der Waals surface area contributed by atoms with E-state index in [0.717, 1.165) is 42.2 Å². The summed E-state index contributed by atoms with van der Waals surface area (Å²) in [5, 5.41) is 12.0. The van der Waals surface area contributed by atoms with E-state index >= 15 is 0 Å². The molecule has 0 aliphatic carbocycles.